The van der Waals surface area contributed by atoms with Gasteiger partial charge >= 0.3 is 0 Å². The summed E-state index contributed by atoms with van der Waals surface area (Å²) in [5.41, 5.74) is 9.81. The highest BCUT2D eigenvalue weighted by Crippen LogP contribution is 2.31. The number of halogens is 2. The number of benzene rings is 2. The Morgan fingerprint density at radius 2 is 2.00 bits per heavy atom. The SMILES string of the molecule is CC(C)C[C@H]1CN(Cc2ccccc2)CCN1c1c(F)cc(F)cc1/C=N/NC(N)=S. The van der Waals surface area contributed by atoms with Crippen molar-refractivity contribution in [1.29, 1.82) is 0 Å². The van der Waals surface area contributed by atoms with Gasteiger partial charge in [0, 0.05) is 43.9 Å². The van der Waals surface area contributed by atoms with Crippen molar-refractivity contribution in [3.8, 4) is 0 Å². The fraction of sp³-hybridized carbons (Fsp3) is 0.391. The summed E-state index contributed by atoms with van der Waals surface area (Å²) in [5, 5.41) is 3.91. The topological polar surface area (TPSA) is 56.9 Å². The Morgan fingerprint density at radius 3 is 2.68 bits per heavy atom. The Hall–Kier alpha value is -2.58. The number of nitrogens with two attached hydrogens (primary N) is 1. The van der Waals surface area contributed by atoms with Crippen molar-refractivity contribution in [2.45, 2.75) is 32.9 Å². The van der Waals surface area contributed by atoms with E-state index < -0.39 is 11.6 Å². The molecule has 2 aromatic carbocycles. The molecule has 1 aliphatic heterocycles. The molecule has 31 heavy (non-hydrogen) atoms. The Bertz CT molecular complexity index is 920. The molecule has 8 heteroatoms. The maximum absolute atomic E-state index is 15.0. The third-order valence-electron chi connectivity index (χ3n) is 5.28. The van der Waals surface area contributed by atoms with Crippen LogP contribution in [0.1, 0.15) is 31.4 Å². The van der Waals surface area contributed by atoms with Crippen molar-refractivity contribution in [2.24, 2.45) is 16.8 Å². The van der Waals surface area contributed by atoms with Crippen LogP contribution in [0, 0.1) is 17.6 Å². The predicted octanol–water partition coefficient (Wildman–Crippen LogP) is 3.87. The first-order valence-electron chi connectivity index (χ1n) is 10.4. The Morgan fingerprint density at radius 1 is 1.26 bits per heavy atom. The fourth-order valence-corrected chi connectivity index (χ4v) is 4.15. The van der Waals surface area contributed by atoms with Crippen LogP contribution in [0.15, 0.2) is 47.6 Å². The standard InChI is InChI=1S/C23H29F2N5S/c1-16(2)10-20-15-29(14-17-6-4-3-5-7-17)8-9-30(20)22-18(13-27-28-23(26)31)11-19(24)12-21(22)25/h3-7,11-13,16,20H,8-10,14-15H2,1-2H3,(H3,26,28,31)/b27-13+/t20-/m0/s1. The summed E-state index contributed by atoms with van der Waals surface area (Å²) in [5.74, 6) is -0.815. The first kappa shape index (κ1) is 23.1. The van der Waals surface area contributed by atoms with Crippen molar-refractivity contribution in [2.75, 3.05) is 24.5 Å². The number of nitrogens with zero attached hydrogens (tertiary/aromatic N) is 3. The number of hydrogen-bond donors (Lipinski definition) is 2. The van der Waals surface area contributed by atoms with Gasteiger partial charge in [-0.1, -0.05) is 44.2 Å². The number of hydrogen-bond acceptors (Lipinski definition) is 4. The molecule has 3 rings (SSSR count). The minimum atomic E-state index is -0.652. The normalized spacial score (nSPS) is 17.5. The van der Waals surface area contributed by atoms with Gasteiger partial charge in [0.1, 0.15) is 11.6 Å². The Kier molecular flexibility index (Phi) is 7.92. The maximum Gasteiger partial charge on any atom is 0.184 e. The first-order valence-corrected chi connectivity index (χ1v) is 10.8. The van der Waals surface area contributed by atoms with Crippen LogP contribution in [-0.4, -0.2) is 41.9 Å². The van der Waals surface area contributed by atoms with Crippen molar-refractivity contribution < 1.29 is 8.78 Å². The molecule has 0 aromatic heterocycles. The van der Waals surface area contributed by atoms with E-state index in [9.17, 15) is 4.39 Å². The summed E-state index contributed by atoms with van der Waals surface area (Å²) < 4.78 is 29.0. The lowest BCUT2D eigenvalue weighted by Crippen LogP contribution is -2.54. The highest BCUT2D eigenvalue weighted by atomic mass is 32.1. The van der Waals surface area contributed by atoms with Crippen LogP contribution in [0.3, 0.4) is 0 Å². The van der Waals surface area contributed by atoms with Gasteiger partial charge in [-0.25, -0.2) is 8.78 Å². The summed E-state index contributed by atoms with van der Waals surface area (Å²) >= 11 is 4.74. The number of nitrogens with one attached hydrogen (secondary N) is 1. The van der Waals surface area contributed by atoms with Gasteiger partial charge in [0.15, 0.2) is 5.11 Å². The van der Waals surface area contributed by atoms with E-state index in [0.717, 1.165) is 32.1 Å². The van der Waals surface area contributed by atoms with Crippen molar-refractivity contribution in [1.82, 2.24) is 10.3 Å². The van der Waals surface area contributed by atoms with Gasteiger partial charge in [-0.3, -0.25) is 10.3 Å². The van der Waals surface area contributed by atoms with Gasteiger partial charge in [0.05, 0.1) is 11.9 Å². The molecule has 1 fully saturated rings. The Balaban J connectivity index is 1.88. The molecule has 0 unspecified atom stereocenters. The molecule has 2 aromatic rings. The van der Waals surface area contributed by atoms with Crippen LogP contribution >= 0.6 is 12.2 Å². The monoisotopic (exact) mass is 445 g/mol. The van der Waals surface area contributed by atoms with Gasteiger partial charge in [0.25, 0.3) is 0 Å². The van der Waals surface area contributed by atoms with Gasteiger partial charge in [-0.05, 0) is 36.2 Å². The fourth-order valence-electron chi connectivity index (χ4n) is 4.10. The molecule has 0 bridgehead atoms. The molecule has 166 valence electrons. The van der Waals surface area contributed by atoms with E-state index in [4.69, 9.17) is 18.0 Å². The molecular weight excluding hydrogens is 416 g/mol. The van der Waals surface area contributed by atoms with Crippen molar-refractivity contribution in [3.05, 3.63) is 65.2 Å². The lowest BCUT2D eigenvalue weighted by Gasteiger charge is -2.44. The average molecular weight is 446 g/mol. The molecule has 1 saturated heterocycles. The van der Waals surface area contributed by atoms with Gasteiger partial charge < -0.3 is 10.6 Å². The van der Waals surface area contributed by atoms with E-state index in [1.54, 1.807) is 0 Å². The smallest absolute Gasteiger partial charge is 0.184 e. The van der Waals surface area contributed by atoms with Crippen molar-refractivity contribution >= 4 is 29.2 Å². The second-order valence-electron chi connectivity index (χ2n) is 8.26. The summed E-state index contributed by atoms with van der Waals surface area (Å²) in [7, 11) is 0. The van der Waals surface area contributed by atoms with E-state index in [-0.39, 0.29) is 11.2 Å². The van der Waals surface area contributed by atoms with Crippen molar-refractivity contribution in [3.63, 3.8) is 0 Å². The predicted molar refractivity (Wildman–Crippen MR) is 126 cm³/mol. The lowest BCUT2D eigenvalue weighted by molar-refractivity contribution is 0.202. The third kappa shape index (κ3) is 6.45. The molecule has 0 radical (unpaired) electrons. The molecule has 0 aliphatic carbocycles. The minimum Gasteiger partial charge on any atom is -0.375 e. The van der Waals surface area contributed by atoms with Gasteiger partial charge in [-0.2, -0.15) is 5.10 Å². The zero-order valence-corrected chi connectivity index (χ0v) is 18.7. The molecular formula is C23H29F2N5S. The van der Waals surface area contributed by atoms with E-state index in [0.29, 0.717) is 23.7 Å². The quantitative estimate of drug-likeness (QED) is 0.385. The second kappa shape index (κ2) is 10.6. The molecule has 0 spiro atoms. The van der Waals surface area contributed by atoms with Gasteiger partial charge in [-0.15, -0.1) is 0 Å². The number of piperazine rings is 1. The number of anilines is 1. The molecule has 1 atom stereocenters. The van der Waals surface area contributed by atoms with Crippen LogP contribution < -0.4 is 16.1 Å². The summed E-state index contributed by atoms with van der Waals surface area (Å²) in [6, 6.07) is 12.6. The molecule has 0 amide bonds. The highest BCUT2D eigenvalue weighted by Gasteiger charge is 2.31. The van der Waals surface area contributed by atoms with Crippen LogP contribution in [-0.2, 0) is 6.54 Å². The summed E-state index contributed by atoms with van der Waals surface area (Å²) in [4.78, 5) is 4.45. The number of hydrazone groups is 1. The average Bonchev–Trinajstić information content (AvgIpc) is 2.69. The first-order chi connectivity index (χ1) is 14.8. The van der Waals surface area contributed by atoms with E-state index in [2.05, 4.69) is 46.3 Å². The minimum absolute atomic E-state index is 0.0121. The zero-order valence-electron chi connectivity index (χ0n) is 17.9. The van der Waals surface area contributed by atoms with Crippen LogP contribution in [0.5, 0.6) is 0 Å². The van der Waals surface area contributed by atoms with Crippen LogP contribution in [0.25, 0.3) is 0 Å². The molecule has 1 heterocycles. The highest BCUT2D eigenvalue weighted by molar-refractivity contribution is 7.80. The summed E-state index contributed by atoms with van der Waals surface area (Å²) in [6.07, 6.45) is 2.26. The van der Waals surface area contributed by atoms with E-state index in [1.165, 1.54) is 17.8 Å². The van der Waals surface area contributed by atoms with E-state index >= 15 is 4.39 Å². The summed E-state index contributed by atoms with van der Waals surface area (Å²) in [6.45, 7) is 7.37. The van der Waals surface area contributed by atoms with Gasteiger partial charge in [0.2, 0.25) is 0 Å². The lowest BCUT2D eigenvalue weighted by atomic mass is 9.97. The van der Waals surface area contributed by atoms with Crippen LogP contribution in [0.2, 0.25) is 0 Å². The number of rotatable bonds is 7. The zero-order chi connectivity index (χ0) is 22.4. The number of thiocarbonyl (C=S) groups is 1. The second-order valence-corrected chi connectivity index (χ2v) is 8.70. The molecule has 0 saturated carbocycles. The Labute approximate surface area is 187 Å². The molecule has 1 aliphatic rings. The molecule has 5 nitrogen and oxygen atoms in total. The largest absolute Gasteiger partial charge is 0.375 e. The third-order valence-corrected chi connectivity index (χ3v) is 5.37. The maximum atomic E-state index is 15.0. The molecule has 3 N–H and O–H groups in total. The van der Waals surface area contributed by atoms with E-state index in [1.807, 2.05) is 18.2 Å². The van der Waals surface area contributed by atoms with Crippen LogP contribution in [0.4, 0.5) is 14.5 Å².